The van der Waals surface area contributed by atoms with Gasteiger partial charge < -0.3 is 32.2 Å². The van der Waals surface area contributed by atoms with Crippen LogP contribution >= 0.6 is 0 Å². The fourth-order valence-electron chi connectivity index (χ4n) is 0.363. The number of nitrogens with two attached hydrogens (primary N) is 3. The summed E-state index contributed by atoms with van der Waals surface area (Å²) in [7, 11) is 0. The zero-order valence-corrected chi connectivity index (χ0v) is 10.2. The van der Waals surface area contributed by atoms with Gasteiger partial charge in [0.2, 0.25) is 0 Å². The van der Waals surface area contributed by atoms with E-state index in [0.717, 1.165) is 0 Å². The Hall–Kier alpha value is -1.55. The van der Waals surface area contributed by atoms with E-state index in [4.69, 9.17) is 27.4 Å². The molecular formula is C9H19N3O6. The van der Waals surface area contributed by atoms with Crippen LogP contribution in [0.25, 0.3) is 0 Å². The minimum Gasteiger partial charge on any atom is -0.480 e. The third-order valence-corrected chi connectivity index (χ3v) is 1.46. The van der Waals surface area contributed by atoms with E-state index < -0.39 is 42.6 Å². The average molecular weight is 265 g/mol. The third-order valence-electron chi connectivity index (χ3n) is 1.46. The van der Waals surface area contributed by atoms with Crippen molar-refractivity contribution in [1.29, 1.82) is 0 Å². The number of aliphatic carboxylic acids is 1. The van der Waals surface area contributed by atoms with Crippen LogP contribution in [0, 0.1) is 0 Å². The first-order valence-electron chi connectivity index (χ1n) is 4.99. The molecule has 9 nitrogen and oxygen atoms in total. The highest BCUT2D eigenvalue weighted by molar-refractivity contribution is 5.90. The van der Waals surface area contributed by atoms with Gasteiger partial charge in [0, 0.05) is 0 Å². The van der Waals surface area contributed by atoms with Crippen LogP contribution in [0.2, 0.25) is 0 Å². The van der Waals surface area contributed by atoms with Gasteiger partial charge in [-0.15, -0.1) is 0 Å². The second-order valence-electron chi connectivity index (χ2n) is 3.44. The normalized spacial score (nSPS) is 14.6. The molecule has 0 bridgehead atoms. The molecule has 9 heteroatoms. The molecule has 18 heavy (non-hydrogen) atoms. The first-order chi connectivity index (χ1) is 8.13. The highest BCUT2D eigenvalue weighted by Gasteiger charge is 2.16. The molecule has 3 atom stereocenters. The lowest BCUT2D eigenvalue weighted by atomic mass is 10.3. The fraction of sp³-hybridized carbons (Fsp3) is 0.667. The zero-order chi connectivity index (χ0) is 14.9. The number of ether oxygens (including phenoxy) is 1. The highest BCUT2D eigenvalue weighted by atomic mass is 16.6. The number of carboxylic acids is 1. The molecule has 0 aromatic rings. The van der Waals surface area contributed by atoms with Crippen molar-refractivity contribution in [1.82, 2.24) is 0 Å². The number of hydrogen-bond acceptors (Lipinski definition) is 8. The average Bonchev–Trinajstić information content (AvgIpc) is 2.28. The van der Waals surface area contributed by atoms with Crippen LogP contribution in [-0.4, -0.2) is 52.9 Å². The monoisotopic (exact) mass is 265 g/mol. The molecule has 0 aliphatic carbocycles. The molecule has 0 aliphatic heterocycles. The van der Waals surface area contributed by atoms with Crippen molar-refractivity contribution in [3.05, 3.63) is 0 Å². The first kappa shape index (κ1) is 18.8. The van der Waals surface area contributed by atoms with Gasteiger partial charge in [-0.2, -0.15) is 0 Å². The highest BCUT2D eigenvalue weighted by Crippen LogP contribution is 1.88. The molecule has 0 fully saturated rings. The summed E-state index contributed by atoms with van der Waals surface area (Å²) in [4.78, 5) is 30.9. The number of carbonyl (C=O) groups is 3. The molecule has 0 heterocycles. The molecule has 106 valence electrons. The maximum Gasteiger partial charge on any atom is 0.330 e. The Labute approximate surface area is 104 Å². The molecule has 0 rings (SSSR count). The number of carboxylic acid groups (broad SMARTS) is 1. The Balaban J connectivity index is 0. The van der Waals surface area contributed by atoms with Gasteiger partial charge >= 0.3 is 17.9 Å². The topological polar surface area (TPSA) is 179 Å². The first-order valence-corrected chi connectivity index (χ1v) is 4.99. The molecule has 0 saturated carbocycles. The van der Waals surface area contributed by atoms with Gasteiger partial charge in [-0.25, -0.2) is 9.59 Å². The Morgan fingerprint density at radius 2 is 1.39 bits per heavy atom. The molecule has 0 spiro atoms. The summed E-state index contributed by atoms with van der Waals surface area (Å²) < 4.78 is 4.25. The van der Waals surface area contributed by atoms with Crippen LogP contribution in [-0.2, 0) is 19.1 Å². The number of carbonyl (C=O) groups excluding carboxylic acids is 2. The second-order valence-corrected chi connectivity index (χ2v) is 3.44. The lowest BCUT2D eigenvalue weighted by Crippen LogP contribution is -2.36. The molecule has 0 unspecified atom stereocenters. The molecule has 0 aromatic carbocycles. The summed E-state index contributed by atoms with van der Waals surface area (Å²) >= 11 is 0. The van der Waals surface area contributed by atoms with Gasteiger partial charge in [-0.3, -0.25) is 4.79 Å². The van der Waals surface area contributed by atoms with E-state index in [1.165, 1.54) is 13.8 Å². The largest absolute Gasteiger partial charge is 0.480 e. The van der Waals surface area contributed by atoms with Crippen LogP contribution in [0.1, 0.15) is 13.8 Å². The Kier molecular flexibility index (Phi) is 9.90. The summed E-state index contributed by atoms with van der Waals surface area (Å²) in [5.41, 5.74) is 15.0. The van der Waals surface area contributed by atoms with E-state index in [1.807, 2.05) is 0 Å². The smallest absolute Gasteiger partial charge is 0.330 e. The zero-order valence-electron chi connectivity index (χ0n) is 10.2. The Morgan fingerprint density at radius 1 is 1.06 bits per heavy atom. The summed E-state index contributed by atoms with van der Waals surface area (Å²) in [5, 5.41) is 15.9. The van der Waals surface area contributed by atoms with Gasteiger partial charge in [0.15, 0.2) is 0 Å². The third kappa shape index (κ3) is 9.66. The maximum atomic E-state index is 10.6. The minimum absolute atomic E-state index is 0.505. The van der Waals surface area contributed by atoms with Crippen molar-refractivity contribution in [3.63, 3.8) is 0 Å². The summed E-state index contributed by atoms with van der Waals surface area (Å²) in [6.45, 7) is 2.35. The van der Waals surface area contributed by atoms with Crippen LogP contribution in [0.3, 0.4) is 0 Å². The quantitative estimate of drug-likeness (QED) is 0.264. The summed E-state index contributed by atoms with van der Waals surface area (Å²) in [6, 6.07) is -2.71. The molecule has 0 radical (unpaired) electrons. The Morgan fingerprint density at radius 3 is 1.50 bits per heavy atom. The lowest BCUT2D eigenvalue weighted by Gasteiger charge is -2.06. The van der Waals surface area contributed by atoms with E-state index in [9.17, 15) is 14.4 Å². The van der Waals surface area contributed by atoms with Gasteiger partial charge in [0.05, 0.1) is 6.61 Å². The van der Waals surface area contributed by atoms with Crippen molar-refractivity contribution < 1.29 is 29.3 Å². The van der Waals surface area contributed by atoms with Crippen LogP contribution in [0.4, 0.5) is 0 Å². The molecule has 0 aliphatic rings. The van der Waals surface area contributed by atoms with Gasteiger partial charge in [-0.1, -0.05) is 0 Å². The predicted molar refractivity (Wildman–Crippen MR) is 61.1 cm³/mol. The number of aliphatic hydroxyl groups excluding tert-OH is 1. The van der Waals surface area contributed by atoms with Crippen LogP contribution in [0.15, 0.2) is 0 Å². The molecule has 8 N–H and O–H groups in total. The van der Waals surface area contributed by atoms with Crippen molar-refractivity contribution in [2.75, 3.05) is 6.61 Å². The van der Waals surface area contributed by atoms with Crippen LogP contribution < -0.4 is 17.2 Å². The van der Waals surface area contributed by atoms with Gasteiger partial charge in [-0.05, 0) is 13.8 Å². The van der Waals surface area contributed by atoms with E-state index >= 15 is 0 Å². The molecule has 0 amide bonds. The van der Waals surface area contributed by atoms with Crippen LogP contribution in [0.5, 0.6) is 0 Å². The fourth-order valence-corrected chi connectivity index (χ4v) is 0.363. The maximum absolute atomic E-state index is 10.6. The summed E-state index contributed by atoms with van der Waals surface area (Å²) in [6.07, 6.45) is 0. The lowest BCUT2D eigenvalue weighted by molar-refractivity contribution is -0.161. The number of hydrogen-bond donors (Lipinski definition) is 5. The molecule has 0 aromatic heterocycles. The van der Waals surface area contributed by atoms with Crippen molar-refractivity contribution in [2.45, 2.75) is 32.0 Å². The SMILES string of the molecule is C[C@H](N)C(=O)OC(=O)[C@H](C)N.N[C@@H](CO)C(=O)O. The molecule has 0 saturated heterocycles. The number of aliphatic hydroxyl groups is 1. The predicted octanol–water partition coefficient (Wildman–Crippen LogP) is -2.86. The van der Waals surface area contributed by atoms with E-state index in [-0.39, 0.29) is 0 Å². The van der Waals surface area contributed by atoms with E-state index in [0.29, 0.717) is 0 Å². The minimum atomic E-state index is -1.18. The van der Waals surface area contributed by atoms with E-state index in [2.05, 4.69) is 4.74 Å². The second kappa shape index (κ2) is 9.48. The summed E-state index contributed by atoms with van der Waals surface area (Å²) in [5.74, 6) is -2.69. The standard InChI is InChI=1S/C6H12N2O3.C3H7NO3/c1-3(7)5(9)11-6(10)4(2)8;4-2(1-5)3(6)7/h3-4H,7-8H2,1-2H3;2,5H,1,4H2,(H,6,7)/t3-,4-;2-/m00/s1. The van der Waals surface area contributed by atoms with Crippen molar-refractivity contribution >= 4 is 17.9 Å². The Bertz CT molecular complexity index is 274. The number of esters is 2. The van der Waals surface area contributed by atoms with Gasteiger partial charge in [0.25, 0.3) is 0 Å². The van der Waals surface area contributed by atoms with E-state index in [1.54, 1.807) is 0 Å². The van der Waals surface area contributed by atoms with Crippen molar-refractivity contribution in [2.24, 2.45) is 17.2 Å². The number of rotatable bonds is 4. The molecular weight excluding hydrogens is 246 g/mol. The van der Waals surface area contributed by atoms with Gasteiger partial charge in [0.1, 0.15) is 18.1 Å². The van der Waals surface area contributed by atoms with Crippen molar-refractivity contribution in [3.8, 4) is 0 Å².